The molecule has 0 saturated heterocycles. The summed E-state index contributed by atoms with van der Waals surface area (Å²) in [6.45, 7) is 5.40. The highest BCUT2D eigenvalue weighted by Crippen LogP contribution is 1.97. The normalized spacial score (nSPS) is 9.40. The van der Waals surface area contributed by atoms with Gasteiger partial charge in [0.05, 0.1) is 0 Å². The van der Waals surface area contributed by atoms with Crippen LogP contribution >= 0.6 is 0 Å². The quantitative estimate of drug-likeness (QED) is 0.434. The van der Waals surface area contributed by atoms with Crippen molar-refractivity contribution in [3.8, 4) is 0 Å². The zero-order valence-corrected chi connectivity index (χ0v) is 6.59. The van der Waals surface area contributed by atoms with Gasteiger partial charge < -0.3 is 4.74 Å². The van der Waals surface area contributed by atoms with Gasteiger partial charge in [-0.05, 0) is 19.3 Å². The van der Waals surface area contributed by atoms with Crippen LogP contribution < -0.4 is 0 Å². The third-order valence-electron chi connectivity index (χ3n) is 1.00. The van der Waals surface area contributed by atoms with Gasteiger partial charge in [-0.15, -0.1) is 0 Å². The van der Waals surface area contributed by atoms with Crippen molar-refractivity contribution in [2.75, 3.05) is 0 Å². The molecule has 2 radical (unpaired) electrons. The summed E-state index contributed by atoms with van der Waals surface area (Å²) in [7, 11) is 0. The maximum atomic E-state index is 10.7. The number of carbonyl (C=O) groups excluding carboxylic acids is 1. The van der Waals surface area contributed by atoms with Crippen LogP contribution in [0.4, 0.5) is 0 Å². The SMILES string of the molecule is C[CH]C[CH]OC(=O)CCC. The van der Waals surface area contributed by atoms with E-state index in [0.717, 1.165) is 12.8 Å². The highest BCUT2D eigenvalue weighted by atomic mass is 16.5. The summed E-state index contributed by atoms with van der Waals surface area (Å²) in [6.07, 6.45) is 4.03. The van der Waals surface area contributed by atoms with Gasteiger partial charge in [-0.25, -0.2) is 0 Å². The van der Waals surface area contributed by atoms with Gasteiger partial charge in [0.2, 0.25) is 0 Å². The maximum Gasteiger partial charge on any atom is 0.306 e. The second-order valence-electron chi connectivity index (χ2n) is 2.05. The molecule has 0 amide bonds. The molecule has 58 valence electrons. The maximum absolute atomic E-state index is 10.7. The number of unbranched alkanes of at least 4 members (excludes halogenated alkanes) is 1. The first-order valence-electron chi connectivity index (χ1n) is 3.60. The number of esters is 1. The lowest BCUT2D eigenvalue weighted by Gasteiger charge is -1.99. The first kappa shape index (κ1) is 9.47. The molecule has 0 fully saturated rings. The Morgan fingerprint density at radius 3 is 2.80 bits per heavy atom. The summed E-state index contributed by atoms with van der Waals surface area (Å²) in [5.41, 5.74) is 0. The van der Waals surface area contributed by atoms with Crippen LogP contribution in [-0.4, -0.2) is 5.97 Å². The van der Waals surface area contributed by atoms with Crippen LogP contribution in [0, 0.1) is 13.0 Å². The summed E-state index contributed by atoms with van der Waals surface area (Å²) in [6, 6.07) is 0. The average Bonchev–Trinajstić information content (AvgIpc) is 1.89. The van der Waals surface area contributed by atoms with E-state index >= 15 is 0 Å². The molecule has 2 nitrogen and oxygen atoms in total. The van der Waals surface area contributed by atoms with Crippen molar-refractivity contribution in [1.29, 1.82) is 0 Å². The van der Waals surface area contributed by atoms with Crippen LogP contribution in [0.2, 0.25) is 0 Å². The third kappa shape index (κ3) is 5.60. The Morgan fingerprint density at radius 2 is 2.30 bits per heavy atom. The summed E-state index contributed by atoms with van der Waals surface area (Å²) < 4.78 is 4.73. The van der Waals surface area contributed by atoms with E-state index in [-0.39, 0.29) is 5.97 Å². The molecule has 0 aromatic carbocycles. The van der Waals surface area contributed by atoms with E-state index in [1.807, 2.05) is 20.3 Å². The van der Waals surface area contributed by atoms with Crippen LogP contribution in [-0.2, 0) is 9.53 Å². The molecule has 0 aliphatic rings. The predicted octanol–water partition coefficient (Wildman–Crippen LogP) is 2.11. The van der Waals surface area contributed by atoms with Gasteiger partial charge >= 0.3 is 5.97 Å². The minimum absolute atomic E-state index is 0.135. The molecule has 0 bridgehead atoms. The second kappa shape index (κ2) is 6.59. The molecule has 0 aliphatic carbocycles. The molecule has 0 spiro atoms. The van der Waals surface area contributed by atoms with Crippen molar-refractivity contribution in [1.82, 2.24) is 0 Å². The predicted molar refractivity (Wildman–Crippen MR) is 39.9 cm³/mol. The largest absolute Gasteiger partial charge is 0.458 e. The molecule has 0 rings (SSSR count). The first-order valence-corrected chi connectivity index (χ1v) is 3.60. The van der Waals surface area contributed by atoms with Crippen LogP contribution in [0.5, 0.6) is 0 Å². The van der Waals surface area contributed by atoms with Crippen LogP contribution in [0.3, 0.4) is 0 Å². The van der Waals surface area contributed by atoms with Crippen molar-refractivity contribution in [2.24, 2.45) is 0 Å². The van der Waals surface area contributed by atoms with Gasteiger partial charge in [-0.3, -0.25) is 4.79 Å². The first-order chi connectivity index (χ1) is 4.81. The van der Waals surface area contributed by atoms with Crippen molar-refractivity contribution in [3.05, 3.63) is 13.0 Å². The minimum atomic E-state index is -0.135. The summed E-state index contributed by atoms with van der Waals surface area (Å²) in [5, 5.41) is 0. The standard InChI is InChI=1S/C8H14O2/c1-3-5-7-10-8(9)6-4-2/h3,7H,4-6H2,1-2H3. The topological polar surface area (TPSA) is 26.3 Å². The number of ether oxygens (including phenoxy) is 1. The van der Waals surface area contributed by atoms with Gasteiger partial charge in [0, 0.05) is 6.42 Å². The molecule has 0 saturated carbocycles. The van der Waals surface area contributed by atoms with E-state index < -0.39 is 0 Å². The molecule has 0 aromatic heterocycles. The zero-order chi connectivity index (χ0) is 7.82. The zero-order valence-electron chi connectivity index (χ0n) is 6.59. The molecule has 0 aromatic rings. The lowest BCUT2D eigenvalue weighted by Crippen LogP contribution is -2.00. The van der Waals surface area contributed by atoms with E-state index in [9.17, 15) is 4.79 Å². The van der Waals surface area contributed by atoms with Crippen molar-refractivity contribution in [2.45, 2.75) is 33.1 Å². The molecule has 0 heterocycles. The fourth-order valence-corrected chi connectivity index (χ4v) is 0.500. The Kier molecular flexibility index (Phi) is 6.24. The smallest absolute Gasteiger partial charge is 0.306 e. The number of rotatable bonds is 5. The highest BCUT2D eigenvalue weighted by Gasteiger charge is 1.98. The van der Waals surface area contributed by atoms with Gasteiger partial charge in [0.1, 0.15) is 6.61 Å². The molecule has 0 aliphatic heterocycles. The minimum Gasteiger partial charge on any atom is -0.458 e. The third-order valence-corrected chi connectivity index (χ3v) is 1.00. The van der Waals surface area contributed by atoms with Gasteiger partial charge in [0.25, 0.3) is 0 Å². The van der Waals surface area contributed by atoms with Crippen molar-refractivity contribution in [3.63, 3.8) is 0 Å². The second-order valence-corrected chi connectivity index (χ2v) is 2.05. The summed E-state index contributed by atoms with van der Waals surface area (Å²) in [5.74, 6) is -0.135. The van der Waals surface area contributed by atoms with Gasteiger partial charge in [-0.1, -0.05) is 13.8 Å². The average molecular weight is 142 g/mol. The molecule has 10 heavy (non-hydrogen) atoms. The number of carbonyl (C=O) groups is 1. The lowest BCUT2D eigenvalue weighted by molar-refractivity contribution is -0.140. The molecule has 0 N–H and O–H groups in total. The van der Waals surface area contributed by atoms with Crippen molar-refractivity contribution < 1.29 is 9.53 Å². The Hall–Kier alpha value is -0.530. The molecular formula is C8H14O2. The Balaban J connectivity index is 3.05. The van der Waals surface area contributed by atoms with Crippen LogP contribution in [0.25, 0.3) is 0 Å². The fraction of sp³-hybridized carbons (Fsp3) is 0.625. The van der Waals surface area contributed by atoms with E-state index in [0.29, 0.717) is 6.42 Å². The van der Waals surface area contributed by atoms with Crippen LogP contribution in [0.1, 0.15) is 33.1 Å². The monoisotopic (exact) mass is 142 g/mol. The van der Waals surface area contributed by atoms with Crippen molar-refractivity contribution >= 4 is 5.97 Å². The molecule has 2 heteroatoms. The molecule has 0 unspecified atom stereocenters. The Bertz CT molecular complexity index is 89.3. The van der Waals surface area contributed by atoms with Gasteiger partial charge in [0.15, 0.2) is 0 Å². The number of hydrogen-bond donors (Lipinski definition) is 0. The van der Waals surface area contributed by atoms with Crippen LogP contribution in [0.15, 0.2) is 0 Å². The van der Waals surface area contributed by atoms with E-state index in [1.54, 1.807) is 0 Å². The van der Waals surface area contributed by atoms with E-state index in [4.69, 9.17) is 4.74 Å². The fourth-order valence-electron chi connectivity index (χ4n) is 0.500. The van der Waals surface area contributed by atoms with Gasteiger partial charge in [-0.2, -0.15) is 0 Å². The Labute approximate surface area is 62.6 Å². The summed E-state index contributed by atoms with van der Waals surface area (Å²) in [4.78, 5) is 10.7. The highest BCUT2D eigenvalue weighted by molar-refractivity contribution is 5.69. The lowest BCUT2D eigenvalue weighted by atomic mass is 10.3. The molecular weight excluding hydrogens is 128 g/mol. The van der Waals surface area contributed by atoms with E-state index in [1.165, 1.54) is 6.61 Å². The molecule has 0 atom stereocenters. The number of hydrogen-bond acceptors (Lipinski definition) is 2. The summed E-state index contributed by atoms with van der Waals surface area (Å²) >= 11 is 0. The van der Waals surface area contributed by atoms with E-state index in [2.05, 4.69) is 0 Å². The Morgan fingerprint density at radius 1 is 1.60 bits per heavy atom.